The van der Waals surface area contributed by atoms with Crippen LogP contribution in [0.2, 0.25) is 0 Å². The number of rotatable bonds is 2. The van der Waals surface area contributed by atoms with E-state index >= 15 is 0 Å². The molecule has 2 N–H and O–H groups in total. The van der Waals surface area contributed by atoms with E-state index < -0.39 is 0 Å². The average Bonchev–Trinajstić information content (AvgIpc) is 2.33. The van der Waals surface area contributed by atoms with Gasteiger partial charge in [-0.15, -0.1) is 12.4 Å². The van der Waals surface area contributed by atoms with Gasteiger partial charge >= 0.3 is 0 Å². The molecule has 0 spiro atoms. The summed E-state index contributed by atoms with van der Waals surface area (Å²) in [5.41, 5.74) is 6.89. The van der Waals surface area contributed by atoms with Crippen LogP contribution in [0.1, 0.15) is 18.4 Å². The summed E-state index contributed by atoms with van der Waals surface area (Å²) in [6.07, 6.45) is 2.33. The van der Waals surface area contributed by atoms with Gasteiger partial charge in [0.1, 0.15) is 0 Å². The van der Waals surface area contributed by atoms with Gasteiger partial charge in [-0.05, 0) is 30.5 Å². The van der Waals surface area contributed by atoms with Crippen molar-refractivity contribution < 1.29 is 4.79 Å². The second-order valence-electron chi connectivity index (χ2n) is 4.52. The molecular formula is C13H18BrClN2O. The molecule has 5 heteroatoms. The zero-order valence-electron chi connectivity index (χ0n) is 10.1. The fraction of sp³-hybridized carbons (Fsp3) is 0.462. The highest BCUT2D eigenvalue weighted by atomic mass is 79.9. The first-order valence-corrected chi connectivity index (χ1v) is 6.72. The molecule has 1 aromatic rings. The van der Waals surface area contributed by atoms with Gasteiger partial charge in [0.2, 0.25) is 5.91 Å². The molecule has 1 heterocycles. The van der Waals surface area contributed by atoms with Gasteiger partial charge < -0.3 is 10.6 Å². The fourth-order valence-electron chi connectivity index (χ4n) is 2.04. The van der Waals surface area contributed by atoms with Crippen LogP contribution in [-0.2, 0) is 11.2 Å². The first kappa shape index (κ1) is 15.5. The number of carbonyl (C=O) groups excluding carboxylic acids is 1. The van der Waals surface area contributed by atoms with E-state index in [2.05, 4.69) is 15.9 Å². The molecule has 1 aliphatic heterocycles. The third-order valence-corrected chi connectivity index (χ3v) is 3.69. The van der Waals surface area contributed by atoms with E-state index in [0.29, 0.717) is 6.42 Å². The number of piperidine rings is 1. The second kappa shape index (κ2) is 7.12. The average molecular weight is 334 g/mol. The SMILES string of the molecule is Cl.NC1CCN(C(=O)Cc2ccc(Br)cc2)CC1. The summed E-state index contributed by atoms with van der Waals surface area (Å²) in [6.45, 7) is 1.60. The molecule has 0 aromatic heterocycles. The molecular weight excluding hydrogens is 316 g/mol. The Bertz CT molecular complexity index is 388. The van der Waals surface area contributed by atoms with Crippen LogP contribution in [0.5, 0.6) is 0 Å². The van der Waals surface area contributed by atoms with Crippen LogP contribution in [-0.4, -0.2) is 29.9 Å². The molecule has 0 unspecified atom stereocenters. The summed E-state index contributed by atoms with van der Waals surface area (Å²) in [6, 6.07) is 8.17. The lowest BCUT2D eigenvalue weighted by Crippen LogP contribution is -2.43. The maximum Gasteiger partial charge on any atom is 0.226 e. The highest BCUT2D eigenvalue weighted by Gasteiger charge is 2.20. The number of hydrogen-bond acceptors (Lipinski definition) is 2. The van der Waals surface area contributed by atoms with Crippen molar-refractivity contribution in [3.8, 4) is 0 Å². The summed E-state index contributed by atoms with van der Waals surface area (Å²) in [5.74, 6) is 0.208. The molecule has 100 valence electrons. The maximum atomic E-state index is 12.0. The Kier molecular flexibility index (Phi) is 6.12. The minimum absolute atomic E-state index is 0. The standard InChI is InChI=1S/C13H17BrN2O.ClH/c14-11-3-1-10(2-4-11)9-13(17)16-7-5-12(15)6-8-16;/h1-4,12H,5-9,15H2;1H. The van der Waals surface area contributed by atoms with E-state index in [-0.39, 0.29) is 24.4 Å². The summed E-state index contributed by atoms with van der Waals surface area (Å²) < 4.78 is 1.04. The van der Waals surface area contributed by atoms with Crippen molar-refractivity contribution in [1.82, 2.24) is 4.90 Å². The lowest BCUT2D eigenvalue weighted by atomic mass is 10.0. The maximum absolute atomic E-state index is 12.0. The van der Waals surface area contributed by atoms with Gasteiger partial charge in [0.15, 0.2) is 0 Å². The minimum Gasteiger partial charge on any atom is -0.342 e. The third kappa shape index (κ3) is 4.26. The normalized spacial score (nSPS) is 16.2. The predicted octanol–water partition coefficient (Wildman–Crippen LogP) is 2.36. The summed E-state index contributed by atoms with van der Waals surface area (Å²) in [4.78, 5) is 14.0. The topological polar surface area (TPSA) is 46.3 Å². The van der Waals surface area contributed by atoms with Crippen molar-refractivity contribution in [3.63, 3.8) is 0 Å². The molecule has 0 radical (unpaired) electrons. The van der Waals surface area contributed by atoms with Crippen molar-refractivity contribution >= 4 is 34.2 Å². The Labute approximate surface area is 122 Å². The number of halogens is 2. The van der Waals surface area contributed by atoms with Gasteiger partial charge in [0.05, 0.1) is 6.42 Å². The molecule has 1 fully saturated rings. The van der Waals surface area contributed by atoms with Crippen LogP contribution < -0.4 is 5.73 Å². The smallest absolute Gasteiger partial charge is 0.226 e. The van der Waals surface area contributed by atoms with E-state index in [0.717, 1.165) is 36.0 Å². The predicted molar refractivity (Wildman–Crippen MR) is 78.9 cm³/mol. The van der Waals surface area contributed by atoms with Gasteiger partial charge in [-0.3, -0.25) is 4.79 Å². The number of benzene rings is 1. The Balaban J connectivity index is 0.00000162. The number of nitrogens with zero attached hydrogens (tertiary/aromatic N) is 1. The van der Waals surface area contributed by atoms with Gasteiger partial charge in [-0.2, -0.15) is 0 Å². The van der Waals surface area contributed by atoms with Gasteiger partial charge in [-0.1, -0.05) is 28.1 Å². The van der Waals surface area contributed by atoms with Crippen LogP contribution in [0, 0.1) is 0 Å². The van der Waals surface area contributed by atoms with Gasteiger partial charge in [0, 0.05) is 23.6 Å². The Hall–Kier alpha value is -0.580. The summed E-state index contributed by atoms with van der Waals surface area (Å²) in [5, 5.41) is 0. The lowest BCUT2D eigenvalue weighted by Gasteiger charge is -2.30. The minimum atomic E-state index is 0. The van der Waals surface area contributed by atoms with E-state index in [1.54, 1.807) is 0 Å². The van der Waals surface area contributed by atoms with Crippen LogP contribution in [0.15, 0.2) is 28.7 Å². The largest absolute Gasteiger partial charge is 0.342 e. The van der Waals surface area contributed by atoms with Crippen LogP contribution in [0.25, 0.3) is 0 Å². The Morgan fingerprint density at radius 3 is 2.39 bits per heavy atom. The molecule has 3 nitrogen and oxygen atoms in total. The Morgan fingerprint density at radius 2 is 1.83 bits per heavy atom. The van der Waals surface area contributed by atoms with Crippen LogP contribution in [0.4, 0.5) is 0 Å². The summed E-state index contributed by atoms with van der Waals surface area (Å²) in [7, 11) is 0. The second-order valence-corrected chi connectivity index (χ2v) is 5.44. The molecule has 2 rings (SSSR count). The molecule has 18 heavy (non-hydrogen) atoms. The number of hydrogen-bond donors (Lipinski definition) is 1. The van der Waals surface area contributed by atoms with Crippen LogP contribution in [0.3, 0.4) is 0 Å². The summed E-state index contributed by atoms with van der Waals surface area (Å²) >= 11 is 3.39. The molecule has 0 bridgehead atoms. The van der Waals surface area contributed by atoms with Crippen molar-refractivity contribution in [1.29, 1.82) is 0 Å². The number of carbonyl (C=O) groups is 1. The van der Waals surface area contributed by atoms with E-state index in [1.165, 1.54) is 0 Å². The quantitative estimate of drug-likeness (QED) is 0.903. The van der Waals surface area contributed by atoms with E-state index in [9.17, 15) is 4.79 Å². The van der Waals surface area contributed by atoms with Crippen molar-refractivity contribution in [2.24, 2.45) is 5.73 Å². The monoisotopic (exact) mass is 332 g/mol. The van der Waals surface area contributed by atoms with Crippen molar-refractivity contribution in [2.45, 2.75) is 25.3 Å². The fourth-order valence-corrected chi connectivity index (χ4v) is 2.30. The number of amides is 1. The third-order valence-electron chi connectivity index (χ3n) is 3.16. The Morgan fingerprint density at radius 1 is 1.28 bits per heavy atom. The highest BCUT2D eigenvalue weighted by Crippen LogP contribution is 2.13. The molecule has 0 saturated carbocycles. The number of nitrogens with two attached hydrogens (primary N) is 1. The molecule has 1 saturated heterocycles. The van der Waals surface area contributed by atoms with Crippen LogP contribution >= 0.6 is 28.3 Å². The van der Waals surface area contributed by atoms with Gasteiger partial charge in [-0.25, -0.2) is 0 Å². The van der Waals surface area contributed by atoms with Crippen molar-refractivity contribution in [2.75, 3.05) is 13.1 Å². The van der Waals surface area contributed by atoms with E-state index in [1.807, 2.05) is 29.2 Å². The highest BCUT2D eigenvalue weighted by molar-refractivity contribution is 9.10. The lowest BCUT2D eigenvalue weighted by molar-refractivity contribution is -0.131. The first-order valence-electron chi connectivity index (χ1n) is 5.93. The zero-order valence-corrected chi connectivity index (χ0v) is 12.5. The molecule has 1 aliphatic rings. The molecule has 0 aliphatic carbocycles. The molecule has 1 aromatic carbocycles. The number of likely N-dealkylation sites (tertiary alicyclic amines) is 1. The zero-order chi connectivity index (χ0) is 12.3. The first-order chi connectivity index (χ1) is 8.15. The molecule has 0 atom stereocenters. The molecule has 1 amide bonds. The van der Waals surface area contributed by atoms with Crippen molar-refractivity contribution in [3.05, 3.63) is 34.3 Å². The van der Waals surface area contributed by atoms with Gasteiger partial charge in [0.25, 0.3) is 0 Å². The van der Waals surface area contributed by atoms with E-state index in [4.69, 9.17) is 5.73 Å².